The molecule has 0 unspecified atom stereocenters. The molecule has 3 heterocycles. The quantitative estimate of drug-likeness (QED) is 0.205. The number of rotatable bonds is 8. The monoisotopic (exact) mass is 617 g/mol. The maximum absolute atomic E-state index is 12.8. The van der Waals surface area contributed by atoms with Gasteiger partial charge in [0.2, 0.25) is 0 Å². The minimum absolute atomic E-state index is 0.170. The normalized spacial score (nSPS) is 17.2. The van der Waals surface area contributed by atoms with Crippen molar-refractivity contribution in [1.29, 1.82) is 0 Å². The first-order valence-corrected chi connectivity index (χ1v) is 15.0. The number of fused-ring (bicyclic) bond motifs is 2. The van der Waals surface area contributed by atoms with Gasteiger partial charge in [0.25, 0.3) is 0 Å². The van der Waals surface area contributed by atoms with E-state index in [0.29, 0.717) is 18.7 Å². The first-order chi connectivity index (χ1) is 19.7. The molecule has 0 saturated carbocycles. The van der Waals surface area contributed by atoms with Crippen molar-refractivity contribution < 1.29 is 19.0 Å². The SMILES string of the molecule is CC(C)(C)OC(=O)c1ccc2nc(CN3CCc4ccc(OCc5ccc(Br)cc5)cc4C3)n(C[C@@H]3CCO3)c2c1. The van der Waals surface area contributed by atoms with Crippen molar-refractivity contribution in [3.63, 3.8) is 0 Å². The highest BCUT2D eigenvalue weighted by atomic mass is 79.9. The summed E-state index contributed by atoms with van der Waals surface area (Å²) in [6, 6.07) is 20.3. The highest BCUT2D eigenvalue weighted by Crippen LogP contribution is 2.28. The second kappa shape index (κ2) is 11.6. The van der Waals surface area contributed by atoms with E-state index in [4.69, 9.17) is 19.2 Å². The van der Waals surface area contributed by atoms with Gasteiger partial charge >= 0.3 is 5.97 Å². The molecule has 0 radical (unpaired) electrons. The molecule has 1 fully saturated rings. The highest BCUT2D eigenvalue weighted by Gasteiger charge is 2.25. The van der Waals surface area contributed by atoms with Gasteiger partial charge in [0.1, 0.15) is 23.8 Å². The van der Waals surface area contributed by atoms with Crippen molar-refractivity contribution in [3.8, 4) is 5.75 Å². The smallest absolute Gasteiger partial charge is 0.338 e. The second-order valence-electron chi connectivity index (χ2n) is 11.9. The van der Waals surface area contributed by atoms with E-state index in [1.165, 1.54) is 11.1 Å². The second-order valence-corrected chi connectivity index (χ2v) is 12.8. The van der Waals surface area contributed by atoms with E-state index in [9.17, 15) is 4.79 Å². The molecule has 6 rings (SSSR count). The van der Waals surface area contributed by atoms with Crippen molar-refractivity contribution in [2.75, 3.05) is 13.2 Å². The lowest BCUT2D eigenvalue weighted by Crippen LogP contribution is -2.34. The first-order valence-electron chi connectivity index (χ1n) is 14.3. The average Bonchev–Trinajstić information content (AvgIpc) is 3.25. The lowest BCUT2D eigenvalue weighted by atomic mass is 9.99. The molecule has 41 heavy (non-hydrogen) atoms. The van der Waals surface area contributed by atoms with E-state index in [1.54, 1.807) is 0 Å². The molecule has 0 amide bonds. The van der Waals surface area contributed by atoms with Crippen LogP contribution in [0.5, 0.6) is 5.75 Å². The predicted octanol–water partition coefficient (Wildman–Crippen LogP) is 6.68. The molecule has 1 saturated heterocycles. The number of nitrogens with zero attached hydrogens (tertiary/aromatic N) is 3. The van der Waals surface area contributed by atoms with Gasteiger partial charge in [-0.2, -0.15) is 0 Å². The number of esters is 1. The van der Waals surface area contributed by atoms with Gasteiger partial charge in [-0.25, -0.2) is 9.78 Å². The van der Waals surface area contributed by atoms with Crippen LogP contribution in [0.15, 0.2) is 65.1 Å². The fourth-order valence-electron chi connectivity index (χ4n) is 5.36. The molecule has 2 aliphatic heterocycles. The molecule has 1 aromatic heterocycles. The van der Waals surface area contributed by atoms with Crippen LogP contribution in [0.1, 0.15) is 60.1 Å². The molecular weight excluding hydrogens is 582 g/mol. The molecule has 3 aromatic carbocycles. The zero-order chi connectivity index (χ0) is 28.6. The van der Waals surface area contributed by atoms with Crippen LogP contribution >= 0.6 is 15.9 Å². The lowest BCUT2D eigenvalue weighted by molar-refractivity contribution is -0.0592. The van der Waals surface area contributed by atoms with Crippen LogP contribution in [0.4, 0.5) is 0 Å². The van der Waals surface area contributed by atoms with Crippen LogP contribution in [-0.4, -0.2) is 45.3 Å². The Morgan fingerprint density at radius 2 is 1.88 bits per heavy atom. The summed E-state index contributed by atoms with van der Waals surface area (Å²) < 4.78 is 20.9. The molecular formula is C33H36BrN3O4. The number of hydrogen-bond acceptors (Lipinski definition) is 6. The molecule has 7 nitrogen and oxygen atoms in total. The molecule has 2 aliphatic rings. The van der Waals surface area contributed by atoms with Crippen molar-refractivity contribution in [2.45, 2.75) is 71.6 Å². The molecule has 8 heteroatoms. The highest BCUT2D eigenvalue weighted by molar-refractivity contribution is 9.10. The maximum Gasteiger partial charge on any atom is 0.338 e. The van der Waals surface area contributed by atoms with E-state index in [0.717, 1.165) is 71.7 Å². The molecule has 0 spiro atoms. The third-order valence-corrected chi connectivity index (χ3v) is 8.12. The summed E-state index contributed by atoms with van der Waals surface area (Å²) in [5.41, 5.74) is 5.62. The topological polar surface area (TPSA) is 65.8 Å². The number of hydrogen-bond donors (Lipinski definition) is 0. The van der Waals surface area contributed by atoms with E-state index < -0.39 is 5.60 Å². The first kappa shape index (κ1) is 27.9. The van der Waals surface area contributed by atoms with Gasteiger partial charge in [-0.3, -0.25) is 4.90 Å². The summed E-state index contributed by atoms with van der Waals surface area (Å²) in [7, 11) is 0. The number of ether oxygens (including phenoxy) is 3. The summed E-state index contributed by atoms with van der Waals surface area (Å²) in [6.07, 6.45) is 2.19. The van der Waals surface area contributed by atoms with Crippen molar-refractivity contribution >= 4 is 32.9 Å². The minimum atomic E-state index is -0.550. The summed E-state index contributed by atoms with van der Waals surface area (Å²) in [5.74, 6) is 1.56. The van der Waals surface area contributed by atoms with Gasteiger partial charge < -0.3 is 18.8 Å². The molecule has 0 N–H and O–H groups in total. The molecule has 0 aliphatic carbocycles. The Labute approximate surface area is 249 Å². The van der Waals surface area contributed by atoms with Crippen LogP contribution < -0.4 is 4.74 Å². The predicted molar refractivity (Wildman–Crippen MR) is 162 cm³/mol. The summed E-state index contributed by atoms with van der Waals surface area (Å²) in [5, 5.41) is 0. The summed E-state index contributed by atoms with van der Waals surface area (Å²) >= 11 is 3.49. The Balaban J connectivity index is 1.20. The summed E-state index contributed by atoms with van der Waals surface area (Å²) in [6.45, 7) is 10.2. The Bertz CT molecular complexity index is 1550. The van der Waals surface area contributed by atoms with Crippen LogP contribution in [0, 0.1) is 0 Å². The standard InChI is InChI=1S/C33H36BrN3O4/c1-33(2,3)41-32(38)24-7-11-29-30(17-24)37(19-28-13-15-39-28)31(35-29)20-36-14-12-23-6-10-27(16-25(23)18-36)40-21-22-4-8-26(34)9-5-22/h4-11,16-17,28H,12-15,18-21H2,1-3H3/t28-/m0/s1. The van der Waals surface area contributed by atoms with Crippen LogP contribution in [0.2, 0.25) is 0 Å². The third-order valence-electron chi connectivity index (χ3n) is 7.59. The number of imidazole rings is 1. The van der Waals surface area contributed by atoms with Gasteiger partial charge in [0.15, 0.2) is 0 Å². The van der Waals surface area contributed by atoms with Crippen LogP contribution in [0.3, 0.4) is 0 Å². The Hall–Kier alpha value is -3.20. The van der Waals surface area contributed by atoms with Crippen LogP contribution in [-0.2, 0) is 42.1 Å². The van der Waals surface area contributed by atoms with E-state index in [1.807, 2.05) is 51.1 Å². The van der Waals surface area contributed by atoms with E-state index >= 15 is 0 Å². The molecule has 1 atom stereocenters. The van der Waals surface area contributed by atoms with Gasteiger partial charge in [-0.1, -0.05) is 34.1 Å². The van der Waals surface area contributed by atoms with Gasteiger partial charge in [0.05, 0.1) is 35.8 Å². The molecule has 0 bridgehead atoms. The zero-order valence-corrected chi connectivity index (χ0v) is 25.4. The minimum Gasteiger partial charge on any atom is -0.489 e. The summed E-state index contributed by atoms with van der Waals surface area (Å²) in [4.78, 5) is 20.3. The Morgan fingerprint density at radius 1 is 1.07 bits per heavy atom. The number of benzene rings is 3. The fourth-order valence-corrected chi connectivity index (χ4v) is 5.62. The largest absolute Gasteiger partial charge is 0.489 e. The number of aromatic nitrogens is 2. The van der Waals surface area contributed by atoms with Gasteiger partial charge in [0, 0.05) is 24.2 Å². The maximum atomic E-state index is 12.8. The lowest BCUT2D eigenvalue weighted by Gasteiger charge is -2.30. The number of halogens is 1. The fraction of sp³-hybridized carbons (Fsp3) is 0.394. The van der Waals surface area contributed by atoms with E-state index in [-0.39, 0.29) is 12.1 Å². The zero-order valence-electron chi connectivity index (χ0n) is 23.9. The molecule has 4 aromatic rings. The van der Waals surface area contributed by atoms with Gasteiger partial charge in [-0.15, -0.1) is 0 Å². The Morgan fingerprint density at radius 3 is 2.61 bits per heavy atom. The Kier molecular flexibility index (Phi) is 7.90. The van der Waals surface area contributed by atoms with Crippen molar-refractivity contribution in [1.82, 2.24) is 14.5 Å². The van der Waals surface area contributed by atoms with Crippen LogP contribution in [0.25, 0.3) is 11.0 Å². The number of carbonyl (C=O) groups is 1. The number of carbonyl (C=O) groups excluding carboxylic acids is 1. The van der Waals surface area contributed by atoms with Gasteiger partial charge in [-0.05, 0) is 92.8 Å². The van der Waals surface area contributed by atoms with Crippen molar-refractivity contribution in [3.05, 3.63) is 93.2 Å². The molecule has 214 valence electrons. The average molecular weight is 619 g/mol. The third kappa shape index (κ3) is 6.66. The van der Waals surface area contributed by atoms with E-state index in [2.05, 4.69) is 55.7 Å². The van der Waals surface area contributed by atoms with Crippen molar-refractivity contribution in [2.24, 2.45) is 0 Å².